The van der Waals surface area contributed by atoms with E-state index in [1.807, 2.05) is 0 Å². The molecular weight excluding hydrogens is 342 g/mol. The van der Waals surface area contributed by atoms with Gasteiger partial charge in [-0.1, -0.05) is 0 Å². The predicted octanol–water partition coefficient (Wildman–Crippen LogP) is 3.22. The molecule has 3 rings (SSSR count). The van der Waals surface area contributed by atoms with Crippen molar-refractivity contribution >= 4 is 11.7 Å². The lowest BCUT2D eigenvalue weighted by atomic mass is 10.1. The van der Waals surface area contributed by atoms with Gasteiger partial charge in [-0.2, -0.15) is 0 Å². The summed E-state index contributed by atoms with van der Waals surface area (Å²) in [7, 11) is 0. The third-order valence-electron chi connectivity index (χ3n) is 3.74. The predicted molar refractivity (Wildman–Crippen MR) is 90.1 cm³/mol. The fraction of sp³-hybridized carbons (Fsp3) is 0.278. The highest BCUT2D eigenvalue weighted by molar-refractivity contribution is 5.89. The molecule has 0 fully saturated rings. The quantitative estimate of drug-likeness (QED) is 0.444. The maximum absolute atomic E-state index is 11.6. The van der Waals surface area contributed by atoms with Gasteiger partial charge in [0, 0.05) is 23.3 Å². The van der Waals surface area contributed by atoms with Crippen molar-refractivity contribution in [3.63, 3.8) is 0 Å². The van der Waals surface area contributed by atoms with E-state index in [9.17, 15) is 14.9 Å². The lowest BCUT2D eigenvalue weighted by molar-refractivity contribution is -0.385. The van der Waals surface area contributed by atoms with E-state index in [1.54, 1.807) is 31.2 Å². The van der Waals surface area contributed by atoms with Crippen LogP contribution in [0, 0.1) is 10.1 Å². The van der Waals surface area contributed by atoms with Crippen molar-refractivity contribution in [2.45, 2.75) is 20.1 Å². The first-order valence-corrected chi connectivity index (χ1v) is 7.99. The number of benzene rings is 2. The van der Waals surface area contributed by atoms with E-state index in [0.717, 1.165) is 0 Å². The molecule has 1 aliphatic rings. The second kappa shape index (κ2) is 7.83. The highest BCUT2D eigenvalue weighted by Crippen LogP contribution is 2.33. The molecule has 8 nitrogen and oxygen atoms in total. The van der Waals surface area contributed by atoms with Crippen LogP contribution in [0.3, 0.4) is 0 Å². The summed E-state index contributed by atoms with van der Waals surface area (Å²) in [5, 5.41) is 11.1. The molecule has 1 aliphatic heterocycles. The lowest BCUT2D eigenvalue weighted by Crippen LogP contribution is -2.14. The molecule has 0 N–H and O–H groups in total. The fourth-order valence-electron chi connectivity index (χ4n) is 2.56. The van der Waals surface area contributed by atoms with Gasteiger partial charge >= 0.3 is 5.97 Å². The van der Waals surface area contributed by atoms with Gasteiger partial charge < -0.3 is 18.9 Å². The van der Waals surface area contributed by atoms with Gasteiger partial charge in [-0.3, -0.25) is 10.1 Å². The first-order chi connectivity index (χ1) is 12.6. The minimum atomic E-state index is -0.466. The Bertz CT molecular complexity index is 817. The average Bonchev–Trinajstić information content (AvgIpc) is 2.66. The van der Waals surface area contributed by atoms with Crippen LogP contribution in [0.5, 0.6) is 11.5 Å². The molecule has 0 aromatic heterocycles. The average molecular weight is 359 g/mol. The Labute approximate surface area is 149 Å². The van der Waals surface area contributed by atoms with Gasteiger partial charge in [-0.25, -0.2) is 4.79 Å². The van der Waals surface area contributed by atoms with E-state index in [2.05, 4.69) is 0 Å². The van der Waals surface area contributed by atoms with E-state index < -0.39 is 10.9 Å². The molecule has 0 saturated heterocycles. The molecule has 0 spiro atoms. The summed E-state index contributed by atoms with van der Waals surface area (Å²) < 4.78 is 21.3. The summed E-state index contributed by atoms with van der Waals surface area (Å²) in [6.45, 7) is 2.47. The Morgan fingerprint density at radius 3 is 2.73 bits per heavy atom. The van der Waals surface area contributed by atoms with Crippen LogP contribution in [0.4, 0.5) is 5.69 Å². The maximum atomic E-state index is 11.6. The largest absolute Gasteiger partial charge is 0.489 e. The Morgan fingerprint density at radius 1 is 1.27 bits per heavy atom. The van der Waals surface area contributed by atoms with Gasteiger partial charge in [0.2, 0.25) is 0 Å². The highest BCUT2D eigenvalue weighted by atomic mass is 16.7. The Kier molecular flexibility index (Phi) is 5.33. The summed E-state index contributed by atoms with van der Waals surface area (Å²) in [6.07, 6.45) is 0. The topological polar surface area (TPSA) is 97.1 Å². The summed E-state index contributed by atoms with van der Waals surface area (Å²) >= 11 is 0. The van der Waals surface area contributed by atoms with Crippen molar-refractivity contribution in [2.24, 2.45) is 0 Å². The first kappa shape index (κ1) is 17.7. The van der Waals surface area contributed by atoms with Crippen molar-refractivity contribution < 1.29 is 28.7 Å². The minimum Gasteiger partial charge on any atom is -0.489 e. The second-order valence-corrected chi connectivity index (χ2v) is 5.49. The fourth-order valence-corrected chi connectivity index (χ4v) is 2.56. The molecule has 1 heterocycles. The zero-order valence-electron chi connectivity index (χ0n) is 14.1. The molecule has 136 valence electrons. The van der Waals surface area contributed by atoms with Gasteiger partial charge in [0.1, 0.15) is 18.1 Å². The molecule has 0 radical (unpaired) electrons. The smallest absolute Gasteiger partial charge is 0.338 e. The summed E-state index contributed by atoms with van der Waals surface area (Å²) in [4.78, 5) is 22.3. The molecular formula is C18H17NO7. The van der Waals surface area contributed by atoms with E-state index >= 15 is 0 Å². The Hall–Kier alpha value is -3.13. The van der Waals surface area contributed by atoms with Crippen molar-refractivity contribution in [1.29, 1.82) is 0 Å². The number of non-ortho nitro benzene ring substituents is 1. The third kappa shape index (κ3) is 3.92. The van der Waals surface area contributed by atoms with E-state index in [-0.39, 0.29) is 25.7 Å². The molecule has 26 heavy (non-hydrogen) atoms. The van der Waals surface area contributed by atoms with Crippen molar-refractivity contribution in [2.75, 3.05) is 13.4 Å². The number of fused-ring (bicyclic) bond motifs is 1. The van der Waals surface area contributed by atoms with Gasteiger partial charge in [0.25, 0.3) is 5.69 Å². The van der Waals surface area contributed by atoms with Crippen molar-refractivity contribution in [3.8, 4) is 11.5 Å². The summed E-state index contributed by atoms with van der Waals surface area (Å²) in [6, 6.07) is 9.34. The number of hydrogen-bond donors (Lipinski definition) is 0. The van der Waals surface area contributed by atoms with E-state index in [4.69, 9.17) is 18.9 Å². The molecule has 0 unspecified atom stereocenters. The first-order valence-electron chi connectivity index (χ1n) is 7.99. The van der Waals surface area contributed by atoms with Gasteiger partial charge in [-0.15, -0.1) is 0 Å². The monoisotopic (exact) mass is 359 g/mol. The number of carbonyl (C=O) groups excluding carboxylic acids is 1. The minimum absolute atomic E-state index is 0.0471. The number of nitrogens with zero attached hydrogens (tertiary/aromatic N) is 1. The maximum Gasteiger partial charge on any atom is 0.338 e. The molecule has 2 aromatic rings. The van der Waals surface area contributed by atoms with E-state index in [0.29, 0.717) is 34.8 Å². The van der Waals surface area contributed by atoms with Crippen LogP contribution in [0.1, 0.15) is 28.4 Å². The molecule has 2 aromatic carbocycles. The number of ether oxygens (including phenoxy) is 4. The number of nitro groups is 1. The van der Waals surface area contributed by atoms with Crippen LogP contribution in [0.2, 0.25) is 0 Å². The van der Waals surface area contributed by atoms with Gasteiger partial charge in [0.05, 0.1) is 23.7 Å². The molecule has 0 saturated carbocycles. The van der Waals surface area contributed by atoms with Crippen molar-refractivity contribution in [3.05, 3.63) is 63.2 Å². The van der Waals surface area contributed by atoms with Crippen LogP contribution < -0.4 is 9.47 Å². The molecule has 0 aliphatic carbocycles. The van der Waals surface area contributed by atoms with Gasteiger partial charge in [0.15, 0.2) is 6.79 Å². The molecule has 8 heteroatoms. The lowest BCUT2D eigenvalue weighted by Gasteiger charge is -2.20. The van der Waals surface area contributed by atoms with Crippen LogP contribution in [0.25, 0.3) is 0 Å². The number of nitro benzene ring substituents is 1. The molecule has 0 atom stereocenters. The van der Waals surface area contributed by atoms with Crippen LogP contribution >= 0.6 is 0 Å². The van der Waals surface area contributed by atoms with Gasteiger partial charge in [-0.05, 0) is 31.2 Å². The molecule has 0 bridgehead atoms. The van der Waals surface area contributed by atoms with Crippen LogP contribution in [0.15, 0.2) is 36.4 Å². The zero-order chi connectivity index (χ0) is 18.5. The van der Waals surface area contributed by atoms with Crippen LogP contribution in [-0.4, -0.2) is 24.3 Å². The number of esters is 1. The second-order valence-electron chi connectivity index (χ2n) is 5.49. The van der Waals surface area contributed by atoms with Crippen LogP contribution in [-0.2, 0) is 22.7 Å². The number of hydrogen-bond acceptors (Lipinski definition) is 7. The number of carbonyl (C=O) groups is 1. The standard InChI is InChI=1S/C18H17NO7/c1-2-24-18(20)12-3-5-16(6-4-12)25-10-14-8-15(19(21)22)7-13-9-23-11-26-17(13)14/h3-8H,2,9-11H2,1H3. The summed E-state index contributed by atoms with van der Waals surface area (Å²) in [5.74, 6) is 0.663. The normalized spacial score (nSPS) is 12.7. The SMILES string of the molecule is CCOC(=O)c1ccc(OCc2cc([N+](=O)[O-])cc3c2OCOC3)cc1. The Balaban J connectivity index is 1.76. The highest BCUT2D eigenvalue weighted by Gasteiger charge is 2.21. The summed E-state index contributed by atoms with van der Waals surface area (Å²) in [5.41, 5.74) is 1.55. The van der Waals surface area contributed by atoms with E-state index in [1.165, 1.54) is 12.1 Å². The Morgan fingerprint density at radius 2 is 2.04 bits per heavy atom. The third-order valence-corrected chi connectivity index (χ3v) is 3.74. The molecule has 0 amide bonds. The van der Waals surface area contributed by atoms with Crippen molar-refractivity contribution in [1.82, 2.24) is 0 Å². The zero-order valence-corrected chi connectivity index (χ0v) is 14.1. The number of rotatable bonds is 6.